The largest absolute Gasteiger partial charge is 0.438 e. The Labute approximate surface area is 232 Å². The van der Waals surface area contributed by atoms with Crippen molar-refractivity contribution in [2.45, 2.75) is 19.4 Å². The summed E-state index contributed by atoms with van der Waals surface area (Å²) in [5, 5.41) is 4.48. The molecule has 0 aliphatic carbocycles. The molecule has 0 saturated carbocycles. The highest BCUT2D eigenvalue weighted by molar-refractivity contribution is 5.95. The van der Waals surface area contributed by atoms with Crippen molar-refractivity contribution in [2.75, 3.05) is 11.9 Å². The van der Waals surface area contributed by atoms with Crippen molar-refractivity contribution in [3.05, 3.63) is 121 Å². The highest BCUT2D eigenvalue weighted by atomic mass is 16.5. The molecule has 5 rings (SSSR count). The molecule has 200 valence electrons. The molecule has 0 unspecified atom stereocenters. The summed E-state index contributed by atoms with van der Waals surface area (Å²) in [7, 11) is 1.68. The number of nitrogens with one attached hydrogen (secondary N) is 1. The fourth-order valence-corrected chi connectivity index (χ4v) is 4.21. The number of carbonyl (C=O) groups excluding carboxylic acids is 2. The van der Waals surface area contributed by atoms with Crippen molar-refractivity contribution in [3.8, 4) is 17.4 Å². The molecule has 2 aromatic heterocycles. The molecule has 1 atom stereocenters. The summed E-state index contributed by atoms with van der Waals surface area (Å²) in [5.74, 6) is 0.698. The van der Waals surface area contributed by atoms with E-state index in [1.165, 1.54) is 4.90 Å². The smallest absolute Gasteiger partial charge is 0.333 e. The average Bonchev–Trinajstić information content (AvgIpc) is 2.98. The van der Waals surface area contributed by atoms with E-state index in [0.717, 1.165) is 27.6 Å². The second-order valence-corrected chi connectivity index (χ2v) is 9.23. The van der Waals surface area contributed by atoms with E-state index in [-0.39, 0.29) is 0 Å². The van der Waals surface area contributed by atoms with E-state index in [2.05, 4.69) is 15.3 Å². The van der Waals surface area contributed by atoms with Gasteiger partial charge in [-0.2, -0.15) is 0 Å². The fraction of sp³-hybridized carbons (Fsp3) is 0.125. The third-order valence-electron chi connectivity index (χ3n) is 6.38. The topological polar surface area (TPSA) is 93.7 Å². The van der Waals surface area contributed by atoms with E-state index >= 15 is 0 Å². The number of benzene rings is 3. The third-order valence-corrected chi connectivity index (χ3v) is 6.38. The van der Waals surface area contributed by atoms with Gasteiger partial charge in [0.15, 0.2) is 0 Å². The van der Waals surface area contributed by atoms with Crippen LogP contribution in [-0.2, 0) is 11.2 Å². The Morgan fingerprint density at radius 1 is 0.875 bits per heavy atom. The molecule has 40 heavy (non-hydrogen) atoms. The summed E-state index contributed by atoms with van der Waals surface area (Å²) < 4.78 is 11.4. The Balaban J connectivity index is 1.18. The van der Waals surface area contributed by atoms with E-state index in [0.29, 0.717) is 23.8 Å². The van der Waals surface area contributed by atoms with Gasteiger partial charge in [-0.15, -0.1) is 0 Å². The minimum Gasteiger partial charge on any atom is -0.438 e. The van der Waals surface area contributed by atoms with Crippen LogP contribution in [0.4, 0.5) is 10.5 Å². The molecule has 3 aromatic carbocycles. The first-order valence-corrected chi connectivity index (χ1v) is 12.8. The Bertz CT molecular complexity index is 1620. The van der Waals surface area contributed by atoms with Gasteiger partial charge in [-0.1, -0.05) is 48.5 Å². The number of aromatic nitrogens is 2. The van der Waals surface area contributed by atoms with Gasteiger partial charge in [0, 0.05) is 31.3 Å². The lowest BCUT2D eigenvalue weighted by atomic mass is 10.0. The summed E-state index contributed by atoms with van der Waals surface area (Å²) in [6.07, 6.45) is 5.76. The van der Waals surface area contributed by atoms with Crippen molar-refractivity contribution >= 4 is 28.5 Å². The maximum atomic E-state index is 13.0. The Morgan fingerprint density at radius 2 is 1.57 bits per heavy atom. The minimum absolute atomic E-state index is 0.326. The van der Waals surface area contributed by atoms with E-state index in [4.69, 9.17) is 9.47 Å². The van der Waals surface area contributed by atoms with E-state index < -0.39 is 18.0 Å². The molecule has 0 bridgehead atoms. The molecule has 0 aliphatic heterocycles. The van der Waals surface area contributed by atoms with Crippen LogP contribution >= 0.6 is 0 Å². The van der Waals surface area contributed by atoms with E-state index in [1.54, 1.807) is 56.8 Å². The summed E-state index contributed by atoms with van der Waals surface area (Å²) in [4.78, 5) is 35.7. The molecule has 0 aliphatic rings. The molecular weight excluding hydrogens is 504 g/mol. The number of ether oxygens (including phenoxy) is 2. The summed E-state index contributed by atoms with van der Waals surface area (Å²) in [6, 6.07) is 26.8. The number of esters is 1. The maximum absolute atomic E-state index is 13.0. The van der Waals surface area contributed by atoms with Crippen molar-refractivity contribution in [1.82, 2.24) is 15.3 Å². The zero-order chi connectivity index (χ0) is 27.9. The van der Waals surface area contributed by atoms with Gasteiger partial charge in [-0.3, -0.25) is 9.88 Å². The number of nitrogens with zero attached hydrogens (tertiary/aromatic N) is 3. The molecule has 1 N–H and O–H groups in total. The van der Waals surface area contributed by atoms with Crippen LogP contribution in [0.2, 0.25) is 0 Å². The predicted molar refractivity (Wildman–Crippen MR) is 154 cm³/mol. The Kier molecular flexibility index (Phi) is 7.97. The van der Waals surface area contributed by atoms with Crippen LogP contribution in [0.1, 0.15) is 18.1 Å². The van der Waals surface area contributed by atoms with Crippen molar-refractivity contribution < 1.29 is 19.1 Å². The lowest BCUT2D eigenvalue weighted by Crippen LogP contribution is -2.46. The first-order chi connectivity index (χ1) is 19.5. The average molecular weight is 533 g/mol. The summed E-state index contributed by atoms with van der Waals surface area (Å²) in [6.45, 7) is 1.58. The normalized spacial score (nSPS) is 11.4. The molecule has 5 aromatic rings. The number of pyridine rings is 2. The van der Waals surface area contributed by atoms with Gasteiger partial charge in [0.2, 0.25) is 5.88 Å². The molecule has 0 spiro atoms. The molecular formula is C32H28N4O4. The zero-order valence-corrected chi connectivity index (χ0v) is 22.2. The van der Waals surface area contributed by atoms with Gasteiger partial charge in [0.25, 0.3) is 0 Å². The maximum Gasteiger partial charge on any atom is 0.333 e. The van der Waals surface area contributed by atoms with Crippen LogP contribution in [-0.4, -0.2) is 35.1 Å². The Hall–Kier alpha value is -5.24. The summed E-state index contributed by atoms with van der Waals surface area (Å²) >= 11 is 0. The highest BCUT2D eigenvalue weighted by Gasteiger charge is 2.22. The number of fused-ring (bicyclic) bond motifs is 1. The van der Waals surface area contributed by atoms with Gasteiger partial charge >= 0.3 is 12.0 Å². The van der Waals surface area contributed by atoms with Crippen LogP contribution in [0.15, 0.2) is 110 Å². The standard InChI is InChI=1S/C32H28N4O4/c1-22(35-32(38)36(2)29-11-7-6-10-25(29)20-23-8-4-3-5-9-23)31(37)40-27-14-12-26(13-15-27)39-30-28-21-33-18-16-24(28)17-19-34-30/h3-19,21-22H,20H2,1-2H3,(H,35,38)/t22-/m0/s1. The molecule has 0 fully saturated rings. The van der Waals surface area contributed by atoms with Crippen molar-refractivity contribution in [2.24, 2.45) is 0 Å². The number of amides is 2. The van der Waals surface area contributed by atoms with Gasteiger partial charge in [-0.25, -0.2) is 14.6 Å². The van der Waals surface area contributed by atoms with Crippen molar-refractivity contribution in [1.29, 1.82) is 0 Å². The van der Waals surface area contributed by atoms with Gasteiger partial charge in [0.1, 0.15) is 17.5 Å². The highest BCUT2D eigenvalue weighted by Crippen LogP contribution is 2.28. The van der Waals surface area contributed by atoms with Crippen LogP contribution in [0.5, 0.6) is 17.4 Å². The first-order valence-electron chi connectivity index (χ1n) is 12.8. The second-order valence-electron chi connectivity index (χ2n) is 9.23. The van der Waals surface area contributed by atoms with Gasteiger partial charge in [-0.05, 0) is 72.3 Å². The second kappa shape index (κ2) is 12.1. The third kappa shape index (κ3) is 6.24. The Morgan fingerprint density at radius 3 is 2.38 bits per heavy atom. The number of hydrogen-bond donors (Lipinski definition) is 1. The summed E-state index contributed by atoms with van der Waals surface area (Å²) in [5.41, 5.74) is 2.90. The number of hydrogen-bond acceptors (Lipinski definition) is 6. The minimum atomic E-state index is -0.875. The van der Waals surface area contributed by atoms with Gasteiger partial charge < -0.3 is 14.8 Å². The van der Waals surface area contributed by atoms with Crippen LogP contribution in [0.3, 0.4) is 0 Å². The number of para-hydroxylation sites is 1. The number of urea groups is 1. The monoisotopic (exact) mass is 532 g/mol. The predicted octanol–water partition coefficient (Wildman–Crippen LogP) is 6.15. The molecule has 0 saturated heterocycles. The van der Waals surface area contributed by atoms with Crippen LogP contribution in [0.25, 0.3) is 10.8 Å². The number of anilines is 1. The molecule has 8 heteroatoms. The quantitative estimate of drug-likeness (QED) is 0.190. The lowest BCUT2D eigenvalue weighted by Gasteiger charge is -2.23. The van der Waals surface area contributed by atoms with Gasteiger partial charge in [0.05, 0.1) is 5.39 Å². The van der Waals surface area contributed by atoms with Crippen LogP contribution < -0.4 is 19.7 Å². The molecule has 2 heterocycles. The van der Waals surface area contributed by atoms with Crippen molar-refractivity contribution in [3.63, 3.8) is 0 Å². The fourth-order valence-electron chi connectivity index (χ4n) is 4.21. The molecule has 0 radical (unpaired) electrons. The molecule has 2 amide bonds. The van der Waals surface area contributed by atoms with Crippen LogP contribution in [0, 0.1) is 0 Å². The number of carbonyl (C=O) groups is 2. The SMILES string of the molecule is C[C@H](NC(=O)N(C)c1ccccc1Cc1ccccc1)C(=O)Oc1ccc(Oc2nccc3ccncc23)cc1. The number of rotatable bonds is 8. The zero-order valence-electron chi connectivity index (χ0n) is 22.2. The van der Waals surface area contributed by atoms with E-state index in [1.807, 2.05) is 66.7 Å². The van der Waals surface area contributed by atoms with E-state index in [9.17, 15) is 9.59 Å². The molecule has 8 nitrogen and oxygen atoms in total. The first kappa shape index (κ1) is 26.4. The lowest BCUT2D eigenvalue weighted by molar-refractivity contribution is -0.136.